The summed E-state index contributed by atoms with van der Waals surface area (Å²) in [5.74, 6) is -0.0413. The summed E-state index contributed by atoms with van der Waals surface area (Å²) in [6, 6.07) is 10.2. The van der Waals surface area contributed by atoms with Crippen LogP contribution in [0.1, 0.15) is 47.1 Å². The zero-order valence-corrected chi connectivity index (χ0v) is 12.2. The van der Waals surface area contributed by atoms with Gasteiger partial charge in [-0.05, 0) is 42.8 Å². The largest absolute Gasteiger partial charge is 0.342 e. The van der Waals surface area contributed by atoms with Gasteiger partial charge in [-0.1, -0.05) is 41.7 Å². The Labute approximate surface area is 122 Å². The molecule has 1 aliphatic carbocycles. The van der Waals surface area contributed by atoms with Gasteiger partial charge in [-0.3, -0.25) is 4.79 Å². The first-order chi connectivity index (χ1) is 9.75. The van der Waals surface area contributed by atoms with Crippen molar-refractivity contribution in [2.24, 2.45) is 0 Å². The van der Waals surface area contributed by atoms with Crippen molar-refractivity contribution < 1.29 is 4.79 Å². The van der Waals surface area contributed by atoms with E-state index in [0.29, 0.717) is 4.88 Å². The molecule has 1 N–H and O–H groups in total. The summed E-state index contributed by atoms with van der Waals surface area (Å²) in [6.07, 6.45) is 3.88. The first-order valence-electron chi connectivity index (χ1n) is 6.94. The smallest absolute Gasteiger partial charge is 0.265 e. The lowest BCUT2D eigenvalue weighted by Gasteiger charge is -2.43. The normalized spacial score (nSPS) is 16.4. The van der Waals surface area contributed by atoms with Crippen molar-refractivity contribution in [3.8, 4) is 0 Å². The third kappa shape index (κ3) is 2.22. The van der Waals surface area contributed by atoms with E-state index in [1.165, 1.54) is 17.1 Å². The molecule has 0 aliphatic heterocycles. The molecule has 1 fully saturated rings. The number of nitrogens with zero attached hydrogens (tertiary/aromatic N) is 2. The predicted molar refractivity (Wildman–Crippen MR) is 78.7 cm³/mol. The molecular weight excluding hydrogens is 270 g/mol. The van der Waals surface area contributed by atoms with Crippen molar-refractivity contribution in [3.63, 3.8) is 0 Å². The molecule has 0 radical (unpaired) electrons. The summed E-state index contributed by atoms with van der Waals surface area (Å²) in [5, 5.41) is 7.22. The number of hydrogen-bond acceptors (Lipinski definition) is 4. The van der Waals surface area contributed by atoms with Gasteiger partial charge in [0.15, 0.2) is 0 Å². The molecule has 0 unspecified atom stereocenters. The second-order valence-corrected chi connectivity index (χ2v) is 5.91. The number of benzene rings is 1. The van der Waals surface area contributed by atoms with Crippen molar-refractivity contribution in [2.45, 2.75) is 38.1 Å². The molecule has 0 spiro atoms. The van der Waals surface area contributed by atoms with Crippen LogP contribution in [0.15, 0.2) is 30.3 Å². The zero-order chi connectivity index (χ0) is 14.0. The number of hydrogen-bond donors (Lipinski definition) is 1. The van der Waals surface area contributed by atoms with E-state index in [1.807, 2.05) is 25.1 Å². The van der Waals surface area contributed by atoms with E-state index >= 15 is 0 Å². The molecule has 1 aromatic carbocycles. The van der Waals surface area contributed by atoms with Gasteiger partial charge < -0.3 is 5.32 Å². The number of nitrogens with one attached hydrogen (secondary N) is 1. The fourth-order valence-electron chi connectivity index (χ4n) is 2.66. The van der Waals surface area contributed by atoms with Gasteiger partial charge in [0.2, 0.25) is 0 Å². The predicted octanol–water partition coefficient (Wildman–Crippen LogP) is 2.91. The Morgan fingerprint density at radius 1 is 1.35 bits per heavy atom. The van der Waals surface area contributed by atoms with Crippen molar-refractivity contribution >= 4 is 17.4 Å². The summed E-state index contributed by atoms with van der Waals surface area (Å²) < 4.78 is 3.89. The Kier molecular flexibility index (Phi) is 3.53. The molecule has 3 rings (SSSR count). The molecule has 0 atom stereocenters. The van der Waals surface area contributed by atoms with Gasteiger partial charge in [0.25, 0.3) is 5.91 Å². The van der Waals surface area contributed by atoms with Crippen LogP contribution in [0.3, 0.4) is 0 Å². The molecule has 104 valence electrons. The van der Waals surface area contributed by atoms with Crippen LogP contribution in [0.5, 0.6) is 0 Å². The fourth-order valence-corrected chi connectivity index (χ4v) is 3.31. The van der Waals surface area contributed by atoms with E-state index in [2.05, 4.69) is 27.0 Å². The Hall–Kier alpha value is -1.75. The van der Waals surface area contributed by atoms with Gasteiger partial charge in [-0.2, -0.15) is 0 Å². The average Bonchev–Trinajstić information content (AvgIpc) is 2.92. The maximum atomic E-state index is 12.5. The van der Waals surface area contributed by atoms with Crippen LogP contribution in [0.2, 0.25) is 0 Å². The highest BCUT2D eigenvalue weighted by Crippen LogP contribution is 2.41. The topological polar surface area (TPSA) is 54.9 Å². The SMILES string of the molecule is CCc1nnsc1C(=O)NC1(c2ccccc2)CCC1. The summed E-state index contributed by atoms with van der Waals surface area (Å²) in [6.45, 7) is 1.99. The molecule has 1 saturated carbocycles. The number of carbonyl (C=O) groups excluding carboxylic acids is 1. The van der Waals surface area contributed by atoms with Crippen LogP contribution < -0.4 is 5.32 Å². The van der Waals surface area contributed by atoms with E-state index in [4.69, 9.17) is 0 Å². The second-order valence-electron chi connectivity index (χ2n) is 5.16. The number of aromatic nitrogens is 2. The minimum atomic E-state index is -0.201. The van der Waals surface area contributed by atoms with Gasteiger partial charge in [-0.25, -0.2) is 0 Å². The summed E-state index contributed by atoms with van der Waals surface area (Å²) in [7, 11) is 0. The Morgan fingerprint density at radius 2 is 2.10 bits per heavy atom. The second kappa shape index (κ2) is 5.32. The Morgan fingerprint density at radius 3 is 2.70 bits per heavy atom. The highest BCUT2D eigenvalue weighted by Gasteiger charge is 2.40. The van der Waals surface area contributed by atoms with Crippen LogP contribution in [-0.2, 0) is 12.0 Å². The van der Waals surface area contributed by atoms with E-state index in [1.54, 1.807) is 0 Å². The summed E-state index contributed by atoms with van der Waals surface area (Å²) in [5.41, 5.74) is 1.78. The lowest BCUT2D eigenvalue weighted by molar-refractivity contribution is 0.0826. The van der Waals surface area contributed by atoms with Crippen molar-refractivity contribution in [3.05, 3.63) is 46.5 Å². The Balaban J connectivity index is 1.84. The van der Waals surface area contributed by atoms with E-state index in [9.17, 15) is 4.79 Å². The first kappa shape index (κ1) is 13.2. The van der Waals surface area contributed by atoms with Gasteiger partial charge in [0.1, 0.15) is 4.88 Å². The fraction of sp³-hybridized carbons (Fsp3) is 0.400. The van der Waals surface area contributed by atoms with Gasteiger partial charge >= 0.3 is 0 Å². The summed E-state index contributed by atoms with van der Waals surface area (Å²) >= 11 is 1.18. The molecule has 1 heterocycles. The van der Waals surface area contributed by atoms with E-state index < -0.39 is 0 Å². The maximum absolute atomic E-state index is 12.5. The van der Waals surface area contributed by atoms with E-state index in [-0.39, 0.29) is 11.4 Å². The number of amides is 1. The van der Waals surface area contributed by atoms with Gasteiger partial charge in [0, 0.05) is 0 Å². The Bertz CT molecular complexity index is 605. The first-order valence-corrected chi connectivity index (χ1v) is 7.72. The third-order valence-corrected chi connectivity index (χ3v) is 4.75. The lowest BCUT2D eigenvalue weighted by Crippen LogP contribution is -2.50. The highest BCUT2D eigenvalue weighted by atomic mass is 32.1. The van der Waals surface area contributed by atoms with Crippen LogP contribution in [0, 0.1) is 0 Å². The molecule has 1 aliphatic rings. The van der Waals surface area contributed by atoms with Crippen molar-refractivity contribution in [1.82, 2.24) is 14.9 Å². The summed E-state index contributed by atoms with van der Waals surface area (Å²) in [4.78, 5) is 13.1. The maximum Gasteiger partial charge on any atom is 0.265 e. The minimum absolute atomic E-state index is 0.0413. The molecular formula is C15H17N3OS. The molecule has 0 bridgehead atoms. The van der Waals surface area contributed by atoms with Crippen LogP contribution in [0.4, 0.5) is 0 Å². The molecule has 5 heteroatoms. The molecule has 0 saturated heterocycles. The monoisotopic (exact) mass is 287 g/mol. The molecule has 1 aromatic heterocycles. The van der Waals surface area contributed by atoms with Gasteiger partial charge in [-0.15, -0.1) is 5.10 Å². The number of rotatable bonds is 4. The van der Waals surface area contributed by atoms with E-state index in [0.717, 1.165) is 31.4 Å². The molecule has 1 amide bonds. The quantitative estimate of drug-likeness (QED) is 0.940. The lowest BCUT2D eigenvalue weighted by atomic mass is 9.71. The number of aryl methyl sites for hydroxylation is 1. The molecule has 20 heavy (non-hydrogen) atoms. The van der Waals surface area contributed by atoms with Gasteiger partial charge in [0.05, 0.1) is 11.2 Å². The van der Waals surface area contributed by atoms with Crippen LogP contribution in [-0.4, -0.2) is 15.5 Å². The standard InChI is InChI=1S/C15H17N3OS/c1-2-12-13(20-18-17-12)14(19)16-15(9-6-10-15)11-7-4-3-5-8-11/h3-5,7-8H,2,6,9-10H2,1H3,(H,16,19). The minimum Gasteiger partial charge on any atom is -0.342 e. The average molecular weight is 287 g/mol. The van der Waals surface area contributed by atoms with Crippen LogP contribution >= 0.6 is 11.5 Å². The highest BCUT2D eigenvalue weighted by molar-refractivity contribution is 7.08. The molecule has 4 nitrogen and oxygen atoms in total. The van der Waals surface area contributed by atoms with Crippen molar-refractivity contribution in [1.29, 1.82) is 0 Å². The van der Waals surface area contributed by atoms with Crippen LogP contribution in [0.25, 0.3) is 0 Å². The molecule has 2 aromatic rings. The van der Waals surface area contributed by atoms with Crippen molar-refractivity contribution in [2.75, 3.05) is 0 Å². The third-order valence-electron chi connectivity index (χ3n) is 3.98. The number of carbonyl (C=O) groups is 1. The zero-order valence-electron chi connectivity index (χ0n) is 11.4.